The maximum atomic E-state index is 5.18. The van der Waals surface area contributed by atoms with Crippen molar-refractivity contribution in [1.29, 1.82) is 0 Å². The van der Waals surface area contributed by atoms with Crippen molar-refractivity contribution in [2.75, 3.05) is 0 Å². The molecule has 2 nitrogen and oxygen atoms in total. The molecule has 9 aromatic rings. The third-order valence-electron chi connectivity index (χ3n) is 9.95. The Morgan fingerprint density at radius 3 is 1.90 bits per heavy atom. The van der Waals surface area contributed by atoms with Gasteiger partial charge < -0.3 is 0 Å². The molecule has 9 rings (SSSR count). The molecular formula is C47H32N2. The van der Waals surface area contributed by atoms with Crippen LogP contribution in [0.4, 0.5) is 0 Å². The molecule has 0 spiro atoms. The summed E-state index contributed by atoms with van der Waals surface area (Å²) in [4.78, 5) is 5.18. The minimum atomic E-state index is 0.905. The molecule has 49 heavy (non-hydrogen) atoms. The molecule has 0 aliphatic carbocycles. The van der Waals surface area contributed by atoms with E-state index in [4.69, 9.17) is 4.98 Å². The van der Waals surface area contributed by atoms with Gasteiger partial charge in [-0.25, -0.2) is 4.98 Å². The first-order valence-corrected chi connectivity index (χ1v) is 16.5. The van der Waals surface area contributed by atoms with E-state index >= 15 is 0 Å². The van der Waals surface area contributed by atoms with E-state index in [1.807, 2.05) is 24.3 Å². The van der Waals surface area contributed by atoms with Gasteiger partial charge in [0.25, 0.3) is 0 Å². The van der Waals surface area contributed by atoms with Crippen molar-refractivity contribution in [3.8, 4) is 22.3 Å². The molecule has 0 atom stereocenters. The Labute approximate surface area is 283 Å². The van der Waals surface area contributed by atoms with Gasteiger partial charge in [0.2, 0.25) is 0 Å². The lowest BCUT2D eigenvalue weighted by atomic mass is 9.94. The average molecular weight is 625 g/mol. The summed E-state index contributed by atoms with van der Waals surface area (Å²) in [5.74, 6) is 0. The van der Waals surface area contributed by atoms with E-state index in [1.165, 1.54) is 32.5 Å². The average Bonchev–Trinajstić information content (AvgIpc) is 3.54. The Bertz CT molecular complexity index is 3120. The van der Waals surface area contributed by atoms with Crippen LogP contribution in [0.25, 0.3) is 107 Å². The highest BCUT2D eigenvalue weighted by Gasteiger charge is 2.16. The minimum absolute atomic E-state index is 0.905. The summed E-state index contributed by atoms with van der Waals surface area (Å²) < 4.78 is 2.33. The normalized spacial score (nSPS) is 12.7. The van der Waals surface area contributed by atoms with Gasteiger partial charge in [-0.1, -0.05) is 136 Å². The van der Waals surface area contributed by atoms with Crippen LogP contribution >= 0.6 is 0 Å². The van der Waals surface area contributed by atoms with Crippen LogP contribution in [0.15, 0.2) is 147 Å². The molecule has 0 radical (unpaired) electrons. The fourth-order valence-electron chi connectivity index (χ4n) is 7.63. The standard InChI is InChI=1S/C47H32N2/c1-5-12-36-29(3)30(4)37(13-6-2)41-27-34(21-23-39(36)41)32-15-11-16-33(26-32)35-22-25-44-42(28-35)40-24-20-31-14-7-8-17-38(31)46(40)47-48-43-18-9-10-19-45(43)49(44)47/h5-28H,1-4H2/b36-12+,37-13+. The zero-order chi connectivity index (χ0) is 33.2. The molecule has 2 heterocycles. The molecule has 2 aromatic heterocycles. The van der Waals surface area contributed by atoms with Gasteiger partial charge in [-0.3, -0.25) is 4.40 Å². The fourth-order valence-corrected chi connectivity index (χ4v) is 7.63. The van der Waals surface area contributed by atoms with Crippen molar-refractivity contribution in [1.82, 2.24) is 9.38 Å². The highest BCUT2D eigenvalue weighted by molar-refractivity contribution is 6.23. The van der Waals surface area contributed by atoms with E-state index in [9.17, 15) is 0 Å². The highest BCUT2D eigenvalue weighted by Crippen LogP contribution is 2.38. The van der Waals surface area contributed by atoms with Crippen LogP contribution in [0.2, 0.25) is 0 Å². The summed E-state index contributed by atoms with van der Waals surface area (Å²) in [5.41, 5.74) is 8.86. The first kappa shape index (κ1) is 28.7. The zero-order valence-corrected chi connectivity index (χ0v) is 27.1. The quantitative estimate of drug-likeness (QED) is 0.179. The zero-order valence-electron chi connectivity index (χ0n) is 27.1. The molecule has 7 aromatic carbocycles. The molecule has 0 bridgehead atoms. The minimum Gasteiger partial charge on any atom is -0.292 e. The largest absolute Gasteiger partial charge is 0.292 e. The highest BCUT2D eigenvalue weighted by atomic mass is 15.0. The number of imidazole rings is 1. The molecule has 0 aliphatic rings. The Kier molecular flexibility index (Phi) is 6.47. The van der Waals surface area contributed by atoms with Gasteiger partial charge in [-0.05, 0) is 106 Å². The van der Waals surface area contributed by atoms with Crippen LogP contribution in [0.5, 0.6) is 0 Å². The van der Waals surface area contributed by atoms with Gasteiger partial charge in [-0.2, -0.15) is 0 Å². The monoisotopic (exact) mass is 624 g/mol. The molecule has 0 saturated carbocycles. The van der Waals surface area contributed by atoms with E-state index in [1.54, 1.807) is 0 Å². The molecule has 0 aliphatic heterocycles. The number of para-hydroxylation sites is 2. The summed E-state index contributed by atoms with van der Waals surface area (Å²) in [6.07, 6.45) is 7.68. The van der Waals surface area contributed by atoms with Crippen molar-refractivity contribution < 1.29 is 0 Å². The van der Waals surface area contributed by atoms with Crippen LogP contribution in [0.3, 0.4) is 0 Å². The first-order chi connectivity index (χ1) is 24.1. The molecule has 0 N–H and O–H groups in total. The number of hydrogen-bond donors (Lipinski definition) is 0. The second kappa shape index (κ2) is 11.0. The summed E-state index contributed by atoms with van der Waals surface area (Å²) in [6, 6.07) is 43.8. The van der Waals surface area contributed by atoms with Crippen molar-refractivity contribution in [3.05, 3.63) is 168 Å². The second-order valence-corrected chi connectivity index (χ2v) is 12.6. The number of nitrogens with zero attached hydrogens (tertiary/aromatic N) is 2. The molecule has 230 valence electrons. The molecule has 2 heteroatoms. The number of aromatic nitrogens is 2. The van der Waals surface area contributed by atoms with Crippen molar-refractivity contribution in [2.24, 2.45) is 0 Å². The first-order valence-electron chi connectivity index (χ1n) is 16.5. The van der Waals surface area contributed by atoms with Crippen LogP contribution in [0, 0.1) is 0 Å². The van der Waals surface area contributed by atoms with Crippen molar-refractivity contribution >= 4 is 85.2 Å². The Morgan fingerprint density at radius 1 is 0.490 bits per heavy atom. The SMILES string of the molecule is C=C/C=c1\c(=C)c(=C)/c(=C\C=C)c2cc(-c3cccc(-c4ccc5c(c4)c4ccc6ccccc6c4c4nc6ccccc6n54)c3)ccc12. The Hall–Kier alpha value is -6.51. The topological polar surface area (TPSA) is 17.3 Å². The third-order valence-corrected chi connectivity index (χ3v) is 9.95. The Morgan fingerprint density at radius 2 is 1.12 bits per heavy atom. The number of hydrogen-bond acceptors (Lipinski definition) is 1. The fraction of sp³-hybridized carbons (Fsp3) is 0. The van der Waals surface area contributed by atoms with Crippen molar-refractivity contribution in [3.63, 3.8) is 0 Å². The molecule has 0 unspecified atom stereocenters. The van der Waals surface area contributed by atoms with Crippen LogP contribution in [0.1, 0.15) is 0 Å². The van der Waals surface area contributed by atoms with Crippen molar-refractivity contribution in [2.45, 2.75) is 0 Å². The van der Waals surface area contributed by atoms with E-state index in [0.29, 0.717) is 0 Å². The lowest BCUT2D eigenvalue weighted by Crippen LogP contribution is -2.47. The predicted octanol–water partition coefficient (Wildman–Crippen LogP) is 9.19. The lowest BCUT2D eigenvalue weighted by molar-refractivity contribution is 1.32. The summed E-state index contributed by atoms with van der Waals surface area (Å²) >= 11 is 0. The van der Waals surface area contributed by atoms with Crippen LogP contribution in [-0.4, -0.2) is 9.38 Å². The van der Waals surface area contributed by atoms with Gasteiger partial charge >= 0.3 is 0 Å². The van der Waals surface area contributed by atoms with E-state index in [-0.39, 0.29) is 0 Å². The van der Waals surface area contributed by atoms with Gasteiger partial charge in [0.15, 0.2) is 0 Å². The lowest BCUT2D eigenvalue weighted by Gasteiger charge is -2.13. The number of benzene rings is 7. The second-order valence-electron chi connectivity index (χ2n) is 12.6. The number of rotatable bonds is 4. The van der Waals surface area contributed by atoms with E-state index in [2.05, 4.69) is 152 Å². The number of allylic oxidation sites excluding steroid dienone is 2. The number of pyridine rings is 1. The molecule has 0 amide bonds. The molecule has 0 saturated heterocycles. The van der Waals surface area contributed by atoms with Gasteiger partial charge in [0.05, 0.1) is 16.6 Å². The number of fused-ring (bicyclic) bond motifs is 11. The maximum absolute atomic E-state index is 5.18. The van der Waals surface area contributed by atoms with Crippen LogP contribution < -0.4 is 20.9 Å². The molecule has 0 fully saturated rings. The van der Waals surface area contributed by atoms with Crippen LogP contribution in [-0.2, 0) is 0 Å². The summed E-state index contributed by atoms with van der Waals surface area (Å²) in [6.45, 7) is 16.6. The summed E-state index contributed by atoms with van der Waals surface area (Å²) in [5, 5.41) is 12.2. The smallest absolute Gasteiger partial charge is 0.147 e. The van der Waals surface area contributed by atoms with Gasteiger partial charge in [0, 0.05) is 10.8 Å². The van der Waals surface area contributed by atoms with Gasteiger partial charge in [0.1, 0.15) is 5.65 Å². The Balaban J connectivity index is 1.28. The van der Waals surface area contributed by atoms with E-state index in [0.717, 1.165) is 70.5 Å². The molecular weight excluding hydrogens is 593 g/mol. The summed E-state index contributed by atoms with van der Waals surface area (Å²) in [7, 11) is 0. The maximum Gasteiger partial charge on any atom is 0.147 e. The van der Waals surface area contributed by atoms with E-state index < -0.39 is 0 Å². The van der Waals surface area contributed by atoms with Gasteiger partial charge in [-0.15, -0.1) is 0 Å². The third kappa shape index (κ3) is 4.31. The predicted molar refractivity (Wildman–Crippen MR) is 212 cm³/mol.